The van der Waals surface area contributed by atoms with Gasteiger partial charge in [0.25, 0.3) is 0 Å². The first-order valence-corrected chi connectivity index (χ1v) is 11.4. The summed E-state index contributed by atoms with van der Waals surface area (Å²) >= 11 is 0. The molecule has 1 atom stereocenters. The number of benzene rings is 2. The number of hydrogen-bond donors (Lipinski definition) is 2. The van der Waals surface area contributed by atoms with Gasteiger partial charge in [0.05, 0.1) is 24.6 Å². The maximum atomic E-state index is 12.6. The normalized spacial score (nSPS) is 16.3. The zero-order valence-electron chi connectivity index (χ0n) is 20.2. The largest absolute Gasteiger partial charge is 0.494 e. The second-order valence-corrected chi connectivity index (χ2v) is 8.41. The van der Waals surface area contributed by atoms with Gasteiger partial charge >= 0.3 is 11.9 Å². The van der Waals surface area contributed by atoms with Crippen molar-refractivity contribution in [2.75, 3.05) is 38.9 Å². The van der Waals surface area contributed by atoms with Crippen molar-refractivity contribution in [2.24, 2.45) is 11.0 Å². The summed E-state index contributed by atoms with van der Waals surface area (Å²) in [7, 11) is 4.10. The van der Waals surface area contributed by atoms with Crippen LogP contribution in [0.1, 0.15) is 18.4 Å². The fraction of sp³-hybridized carbons (Fsp3) is 0.308. The topological polar surface area (TPSA) is 129 Å². The summed E-state index contributed by atoms with van der Waals surface area (Å²) in [6.07, 6.45) is 2.48. The van der Waals surface area contributed by atoms with E-state index in [1.807, 2.05) is 62.6 Å². The standard InChI is InChI=1S/C22H25N3O3.C4H4O4/c1-24(2)12-5-13-27-18-10-8-17(9-11-18)25-21(26)14-16-15-28-20-7-4-3-6-19(20)22(16)23-25;5-3(6)1-2-4(7)8/h3-4,6-11,16H,5,12-15H2,1-2H3;1-2H,(H,5,6)(H,7,8)/b;2-1+. The van der Waals surface area contributed by atoms with E-state index in [-0.39, 0.29) is 11.8 Å². The predicted molar refractivity (Wildman–Crippen MR) is 134 cm³/mol. The van der Waals surface area contributed by atoms with Gasteiger partial charge in [0.15, 0.2) is 0 Å². The van der Waals surface area contributed by atoms with E-state index in [0.717, 1.165) is 41.4 Å². The van der Waals surface area contributed by atoms with Crippen molar-refractivity contribution in [1.29, 1.82) is 0 Å². The van der Waals surface area contributed by atoms with Crippen molar-refractivity contribution in [3.8, 4) is 11.5 Å². The highest BCUT2D eigenvalue weighted by Gasteiger charge is 2.35. The number of aliphatic carboxylic acids is 2. The number of carbonyl (C=O) groups is 3. The molecule has 2 aliphatic rings. The van der Waals surface area contributed by atoms with E-state index in [4.69, 9.17) is 24.8 Å². The minimum Gasteiger partial charge on any atom is -0.494 e. The van der Waals surface area contributed by atoms with Gasteiger partial charge in [0.1, 0.15) is 11.5 Å². The number of hydrogen-bond acceptors (Lipinski definition) is 7. The number of hydrazone groups is 1. The average molecular weight is 496 g/mol. The molecule has 2 aliphatic heterocycles. The molecule has 10 heteroatoms. The first-order chi connectivity index (χ1) is 17.2. The molecule has 0 saturated heterocycles. The van der Waals surface area contributed by atoms with Gasteiger partial charge in [-0.25, -0.2) is 14.6 Å². The zero-order valence-corrected chi connectivity index (χ0v) is 20.2. The average Bonchev–Trinajstić information content (AvgIpc) is 2.85. The molecule has 0 spiro atoms. The van der Waals surface area contributed by atoms with Gasteiger partial charge < -0.3 is 24.6 Å². The maximum absolute atomic E-state index is 12.6. The molecular formula is C26H29N3O7. The predicted octanol–water partition coefficient (Wildman–Crippen LogP) is 2.88. The quantitative estimate of drug-likeness (QED) is 0.423. The summed E-state index contributed by atoms with van der Waals surface area (Å²) in [5.74, 6) is -0.892. The Morgan fingerprint density at radius 2 is 1.78 bits per heavy atom. The number of carboxylic acids is 2. The Morgan fingerprint density at radius 3 is 2.42 bits per heavy atom. The van der Waals surface area contributed by atoms with Crippen LogP contribution >= 0.6 is 0 Å². The van der Waals surface area contributed by atoms with Gasteiger partial charge in [-0.3, -0.25) is 4.79 Å². The lowest BCUT2D eigenvalue weighted by Crippen LogP contribution is -2.41. The van der Waals surface area contributed by atoms with Crippen molar-refractivity contribution >= 4 is 29.2 Å². The van der Waals surface area contributed by atoms with Crippen LogP contribution in [0.2, 0.25) is 0 Å². The van der Waals surface area contributed by atoms with Crippen LogP contribution in [0.3, 0.4) is 0 Å². The Bertz CT molecular complexity index is 1130. The highest BCUT2D eigenvalue weighted by atomic mass is 16.5. The Kier molecular flexibility index (Phi) is 9.18. The van der Waals surface area contributed by atoms with Gasteiger partial charge in [-0.05, 0) is 56.9 Å². The summed E-state index contributed by atoms with van der Waals surface area (Å²) in [5.41, 5.74) is 2.64. The number of para-hydroxylation sites is 1. The molecule has 0 saturated carbocycles. The summed E-state index contributed by atoms with van der Waals surface area (Å²) in [6.45, 7) is 2.15. The number of ether oxygens (including phenoxy) is 2. The molecular weight excluding hydrogens is 466 g/mol. The van der Waals surface area contributed by atoms with Crippen molar-refractivity contribution < 1.29 is 34.1 Å². The lowest BCUT2D eigenvalue weighted by molar-refractivity contribution is -0.134. The lowest BCUT2D eigenvalue weighted by Gasteiger charge is -2.33. The molecule has 36 heavy (non-hydrogen) atoms. The van der Waals surface area contributed by atoms with Crippen LogP contribution in [-0.4, -0.2) is 72.5 Å². The smallest absolute Gasteiger partial charge is 0.328 e. The fourth-order valence-corrected chi connectivity index (χ4v) is 3.64. The van der Waals surface area contributed by atoms with Crippen LogP contribution in [0, 0.1) is 5.92 Å². The monoisotopic (exact) mass is 495 g/mol. The number of nitrogens with zero attached hydrogens (tertiary/aromatic N) is 3. The Labute approximate surface area is 209 Å². The van der Waals surface area contributed by atoms with Gasteiger partial charge in [-0.2, -0.15) is 5.10 Å². The van der Waals surface area contributed by atoms with Crippen LogP contribution in [0.25, 0.3) is 0 Å². The van der Waals surface area contributed by atoms with Crippen molar-refractivity contribution in [3.05, 3.63) is 66.2 Å². The van der Waals surface area contributed by atoms with Crippen LogP contribution in [-0.2, 0) is 14.4 Å². The van der Waals surface area contributed by atoms with Crippen molar-refractivity contribution in [1.82, 2.24) is 4.90 Å². The summed E-state index contributed by atoms with van der Waals surface area (Å²) in [6, 6.07) is 15.4. The van der Waals surface area contributed by atoms with Gasteiger partial charge in [-0.1, -0.05) is 12.1 Å². The van der Waals surface area contributed by atoms with E-state index in [2.05, 4.69) is 4.90 Å². The van der Waals surface area contributed by atoms with E-state index < -0.39 is 11.9 Å². The molecule has 0 bridgehead atoms. The molecule has 0 fully saturated rings. The molecule has 1 unspecified atom stereocenters. The minimum atomic E-state index is -1.26. The fourth-order valence-electron chi connectivity index (χ4n) is 3.64. The van der Waals surface area contributed by atoms with Crippen molar-refractivity contribution in [2.45, 2.75) is 12.8 Å². The molecule has 2 heterocycles. The van der Waals surface area contributed by atoms with E-state index >= 15 is 0 Å². The summed E-state index contributed by atoms with van der Waals surface area (Å²) < 4.78 is 11.6. The number of amides is 1. The van der Waals surface area contributed by atoms with E-state index in [1.165, 1.54) is 5.01 Å². The zero-order chi connectivity index (χ0) is 26.1. The van der Waals surface area contributed by atoms with Crippen LogP contribution < -0.4 is 14.5 Å². The second-order valence-electron chi connectivity index (χ2n) is 8.41. The van der Waals surface area contributed by atoms with Gasteiger partial charge in [-0.15, -0.1) is 0 Å². The van der Waals surface area contributed by atoms with Crippen LogP contribution in [0.15, 0.2) is 65.8 Å². The number of fused-ring (bicyclic) bond motifs is 3. The summed E-state index contributed by atoms with van der Waals surface area (Å²) in [5, 5.41) is 21.8. The molecule has 10 nitrogen and oxygen atoms in total. The molecule has 2 aromatic rings. The molecule has 2 aromatic carbocycles. The highest BCUT2D eigenvalue weighted by molar-refractivity contribution is 6.12. The molecule has 0 aromatic heterocycles. The first kappa shape index (κ1) is 26.4. The molecule has 0 radical (unpaired) electrons. The molecule has 4 rings (SSSR count). The molecule has 2 N–H and O–H groups in total. The number of carboxylic acid groups (broad SMARTS) is 2. The third-order valence-corrected chi connectivity index (χ3v) is 5.32. The van der Waals surface area contributed by atoms with Gasteiger partial charge in [0.2, 0.25) is 5.91 Å². The molecule has 0 aliphatic carbocycles. The van der Waals surface area contributed by atoms with Crippen LogP contribution in [0.4, 0.5) is 5.69 Å². The third kappa shape index (κ3) is 7.41. The number of anilines is 1. The summed E-state index contributed by atoms with van der Waals surface area (Å²) in [4.78, 5) is 33.9. The SMILES string of the molecule is CN(C)CCCOc1ccc(N2N=C3c4ccccc4OCC3CC2=O)cc1.O=C(O)/C=C/C(=O)O. The number of rotatable bonds is 8. The lowest BCUT2D eigenvalue weighted by atomic mass is 9.90. The third-order valence-electron chi connectivity index (χ3n) is 5.32. The van der Waals surface area contributed by atoms with Crippen LogP contribution in [0.5, 0.6) is 11.5 Å². The molecule has 1 amide bonds. The first-order valence-electron chi connectivity index (χ1n) is 11.4. The van der Waals surface area contributed by atoms with Gasteiger partial charge in [0, 0.05) is 36.6 Å². The van der Waals surface area contributed by atoms with Crippen molar-refractivity contribution in [3.63, 3.8) is 0 Å². The minimum absolute atomic E-state index is 0.0120. The number of carbonyl (C=O) groups excluding carboxylic acids is 1. The second kappa shape index (κ2) is 12.5. The van der Waals surface area contributed by atoms with E-state index in [1.54, 1.807) is 0 Å². The highest BCUT2D eigenvalue weighted by Crippen LogP contribution is 2.34. The maximum Gasteiger partial charge on any atom is 0.328 e. The van der Waals surface area contributed by atoms with E-state index in [9.17, 15) is 14.4 Å². The Hall–Kier alpha value is -4.18. The Morgan fingerprint density at radius 1 is 1.11 bits per heavy atom. The Balaban J connectivity index is 0.000000392. The van der Waals surface area contributed by atoms with E-state index in [0.29, 0.717) is 31.8 Å². The molecule has 190 valence electrons.